The Bertz CT molecular complexity index is 1040. The van der Waals surface area contributed by atoms with Crippen LogP contribution in [0.5, 0.6) is 0 Å². The van der Waals surface area contributed by atoms with E-state index in [2.05, 4.69) is 9.88 Å². The van der Waals surface area contributed by atoms with Crippen LogP contribution in [0.2, 0.25) is 0 Å². The molecular weight excluding hydrogens is 388 g/mol. The third-order valence-corrected chi connectivity index (χ3v) is 6.18. The molecule has 0 amide bonds. The fourth-order valence-electron chi connectivity index (χ4n) is 2.24. The maximum absolute atomic E-state index is 12.3. The first-order valence-corrected chi connectivity index (χ1v) is 10.4. The Morgan fingerprint density at radius 2 is 2.04 bits per heavy atom. The highest BCUT2D eigenvalue weighted by atomic mass is 32.2. The third-order valence-electron chi connectivity index (χ3n) is 3.90. The lowest BCUT2D eigenvalue weighted by Crippen LogP contribution is -2.30. The molecule has 1 N–H and O–H groups in total. The molecule has 0 bridgehead atoms. The Hall–Kier alpha value is -2.49. The van der Waals surface area contributed by atoms with Gasteiger partial charge in [-0.25, -0.2) is 8.42 Å². The number of benzene rings is 1. The second-order valence-electron chi connectivity index (χ2n) is 5.89. The van der Waals surface area contributed by atoms with Crippen LogP contribution in [-0.4, -0.2) is 26.1 Å². The summed E-state index contributed by atoms with van der Waals surface area (Å²) >= 11 is 1.51. The van der Waals surface area contributed by atoms with Crippen molar-refractivity contribution in [3.8, 4) is 10.6 Å². The van der Waals surface area contributed by atoms with Crippen LogP contribution >= 0.6 is 11.3 Å². The number of hydrogen-bond donors (Lipinski definition) is 1. The van der Waals surface area contributed by atoms with E-state index in [-0.39, 0.29) is 11.5 Å². The first kappa shape index (κ1) is 19.3. The zero-order valence-corrected chi connectivity index (χ0v) is 16.4. The predicted molar refractivity (Wildman–Crippen MR) is 101 cm³/mol. The zero-order chi connectivity index (χ0) is 19.4. The maximum atomic E-state index is 12.3. The number of nitrogens with one attached hydrogen (secondary N) is 1. The third kappa shape index (κ3) is 4.82. The molecule has 2 heterocycles. The molecule has 27 heavy (non-hydrogen) atoms. The highest BCUT2D eigenvalue weighted by molar-refractivity contribution is 7.89. The van der Waals surface area contributed by atoms with Gasteiger partial charge in [0.05, 0.1) is 9.77 Å². The van der Waals surface area contributed by atoms with Crippen LogP contribution in [0.1, 0.15) is 16.8 Å². The molecule has 9 heteroatoms. The van der Waals surface area contributed by atoms with E-state index in [0.717, 1.165) is 16.0 Å². The summed E-state index contributed by atoms with van der Waals surface area (Å²) in [6.45, 7) is 3.15. The minimum atomic E-state index is -3.79. The van der Waals surface area contributed by atoms with Gasteiger partial charge in [0.25, 0.3) is 0 Å². The Balaban J connectivity index is 1.53. The van der Waals surface area contributed by atoms with Gasteiger partial charge in [-0.3, -0.25) is 4.79 Å². The van der Waals surface area contributed by atoms with Crippen molar-refractivity contribution in [1.29, 1.82) is 0 Å². The second-order valence-corrected chi connectivity index (χ2v) is 8.61. The molecule has 0 atom stereocenters. The first-order chi connectivity index (χ1) is 12.8. The summed E-state index contributed by atoms with van der Waals surface area (Å²) in [5, 5.41) is 5.75. The van der Waals surface area contributed by atoms with Crippen molar-refractivity contribution in [2.75, 3.05) is 6.54 Å². The molecule has 0 fully saturated rings. The Morgan fingerprint density at radius 1 is 1.22 bits per heavy atom. The molecule has 0 aliphatic carbocycles. The number of rotatable bonds is 7. The summed E-state index contributed by atoms with van der Waals surface area (Å²) < 4.78 is 37.0. The van der Waals surface area contributed by atoms with Gasteiger partial charge in [-0.1, -0.05) is 17.3 Å². The first-order valence-electron chi connectivity index (χ1n) is 8.07. The molecule has 0 unspecified atom stereocenters. The van der Waals surface area contributed by atoms with Crippen LogP contribution in [0.4, 0.5) is 0 Å². The molecule has 142 valence electrons. The standard InChI is InChI=1S/C18H18N2O5S2/c1-12-5-6-15(8-13(12)2)27(22,23)19-10-18(21)24-11-14-9-16(25-20-14)17-4-3-7-26-17/h3-9,19H,10-11H2,1-2H3. The van der Waals surface area contributed by atoms with E-state index < -0.39 is 22.5 Å². The zero-order valence-electron chi connectivity index (χ0n) is 14.8. The topological polar surface area (TPSA) is 98.5 Å². The molecular formula is C18H18N2O5S2. The largest absolute Gasteiger partial charge is 0.458 e. The van der Waals surface area contributed by atoms with Crippen LogP contribution in [0.15, 0.2) is 51.2 Å². The molecule has 0 radical (unpaired) electrons. The summed E-state index contributed by atoms with van der Waals surface area (Å²) in [5.74, 6) is -0.116. The van der Waals surface area contributed by atoms with Crippen molar-refractivity contribution >= 4 is 27.3 Å². The average Bonchev–Trinajstić information content (AvgIpc) is 3.31. The highest BCUT2D eigenvalue weighted by Gasteiger charge is 2.17. The number of nitrogens with zero attached hydrogens (tertiary/aromatic N) is 1. The molecule has 0 saturated heterocycles. The van der Waals surface area contributed by atoms with Gasteiger partial charge >= 0.3 is 5.97 Å². The number of sulfonamides is 1. The van der Waals surface area contributed by atoms with E-state index in [9.17, 15) is 13.2 Å². The Morgan fingerprint density at radius 3 is 2.74 bits per heavy atom. The van der Waals surface area contributed by atoms with Crippen molar-refractivity contribution in [3.05, 3.63) is 58.6 Å². The number of carbonyl (C=O) groups is 1. The van der Waals surface area contributed by atoms with Crippen LogP contribution in [0.25, 0.3) is 10.6 Å². The van der Waals surface area contributed by atoms with Gasteiger partial charge in [0.15, 0.2) is 5.76 Å². The minimum Gasteiger partial charge on any atom is -0.458 e. The van der Waals surface area contributed by atoms with E-state index in [1.54, 1.807) is 18.2 Å². The lowest BCUT2D eigenvalue weighted by atomic mass is 10.1. The fraction of sp³-hybridized carbons (Fsp3) is 0.222. The number of hydrogen-bond acceptors (Lipinski definition) is 7. The number of thiophene rings is 1. The summed E-state index contributed by atoms with van der Waals surface area (Å²) in [6, 6.07) is 10.2. The van der Waals surface area contributed by atoms with Gasteiger partial charge in [-0.05, 0) is 48.6 Å². The SMILES string of the molecule is Cc1ccc(S(=O)(=O)NCC(=O)OCc2cc(-c3cccs3)on2)cc1C. The number of aromatic nitrogens is 1. The summed E-state index contributed by atoms with van der Waals surface area (Å²) in [4.78, 5) is 12.9. The van der Waals surface area contributed by atoms with Gasteiger partial charge in [0.2, 0.25) is 10.0 Å². The van der Waals surface area contributed by atoms with Crippen LogP contribution < -0.4 is 4.72 Å². The molecule has 3 rings (SSSR count). The lowest BCUT2D eigenvalue weighted by molar-refractivity contribution is -0.143. The monoisotopic (exact) mass is 406 g/mol. The van der Waals surface area contributed by atoms with Gasteiger partial charge in [0, 0.05) is 6.07 Å². The number of ether oxygens (including phenoxy) is 1. The summed E-state index contributed by atoms with van der Waals surface area (Å²) in [6.07, 6.45) is 0. The molecule has 0 saturated carbocycles. The molecule has 3 aromatic rings. The number of carbonyl (C=O) groups excluding carboxylic acids is 1. The van der Waals surface area contributed by atoms with Crippen molar-refractivity contribution in [1.82, 2.24) is 9.88 Å². The van der Waals surface area contributed by atoms with Crippen molar-refractivity contribution in [2.24, 2.45) is 0 Å². The van der Waals surface area contributed by atoms with E-state index in [1.165, 1.54) is 17.4 Å². The number of esters is 1. The molecule has 0 aliphatic heterocycles. The molecule has 2 aromatic heterocycles. The molecule has 1 aromatic carbocycles. The highest BCUT2D eigenvalue weighted by Crippen LogP contribution is 2.25. The van der Waals surface area contributed by atoms with Gasteiger partial charge < -0.3 is 9.26 Å². The van der Waals surface area contributed by atoms with Crippen LogP contribution in [0, 0.1) is 13.8 Å². The number of aryl methyl sites for hydroxylation is 2. The quantitative estimate of drug-likeness (QED) is 0.606. The maximum Gasteiger partial charge on any atom is 0.321 e. The van der Waals surface area contributed by atoms with E-state index in [4.69, 9.17) is 9.26 Å². The van der Waals surface area contributed by atoms with E-state index in [0.29, 0.717) is 11.5 Å². The average molecular weight is 406 g/mol. The fourth-order valence-corrected chi connectivity index (χ4v) is 3.97. The minimum absolute atomic E-state index is 0.0981. The van der Waals surface area contributed by atoms with Gasteiger partial charge in [-0.15, -0.1) is 11.3 Å². The smallest absolute Gasteiger partial charge is 0.321 e. The molecule has 0 aliphatic rings. The lowest BCUT2D eigenvalue weighted by Gasteiger charge is -2.08. The summed E-state index contributed by atoms with van der Waals surface area (Å²) in [5.41, 5.74) is 2.29. The second kappa shape index (κ2) is 8.03. The van der Waals surface area contributed by atoms with E-state index in [1.807, 2.05) is 31.4 Å². The van der Waals surface area contributed by atoms with Gasteiger partial charge in [-0.2, -0.15) is 4.72 Å². The molecule has 7 nitrogen and oxygen atoms in total. The van der Waals surface area contributed by atoms with Crippen LogP contribution in [0.3, 0.4) is 0 Å². The van der Waals surface area contributed by atoms with E-state index >= 15 is 0 Å². The Kier molecular flexibility index (Phi) is 5.73. The van der Waals surface area contributed by atoms with Gasteiger partial charge in [0.1, 0.15) is 18.8 Å². The normalized spacial score (nSPS) is 11.5. The Labute approximate surface area is 161 Å². The summed E-state index contributed by atoms with van der Waals surface area (Å²) in [7, 11) is -3.79. The molecule has 0 spiro atoms. The predicted octanol–water partition coefficient (Wildman–Crippen LogP) is 3.04. The van der Waals surface area contributed by atoms with Crippen molar-refractivity contribution in [3.63, 3.8) is 0 Å². The van der Waals surface area contributed by atoms with Crippen molar-refractivity contribution in [2.45, 2.75) is 25.3 Å². The van der Waals surface area contributed by atoms with Crippen molar-refractivity contribution < 1.29 is 22.5 Å². The van der Waals surface area contributed by atoms with Crippen LogP contribution in [-0.2, 0) is 26.2 Å².